The van der Waals surface area contributed by atoms with Crippen LogP contribution < -0.4 is 0 Å². The van der Waals surface area contributed by atoms with E-state index in [1.165, 1.54) is 0 Å². The maximum atomic E-state index is 12.4. The molecule has 104 valence electrons. The first kappa shape index (κ1) is 15.1. The number of hydrogen-bond donors (Lipinski definition) is 1. The number of ketones is 1. The van der Waals surface area contributed by atoms with Crippen molar-refractivity contribution in [2.24, 2.45) is 5.41 Å². The fourth-order valence-electron chi connectivity index (χ4n) is 1.07. The molecule has 0 aromatic carbocycles. The Kier molecular flexibility index (Phi) is 3.97. The van der Waals surface area contributed by atoms with Crippen LogP contribution >= 0.6 is 0 Å². The van der Waals surface area contributed by atoms with Crippen LogP contribution in [0.15, 0.2) is 18.5 Å². The molecule has 7 heteroatoms. The zero-order chi connectivity index (χ0) is 14.8. The van der Waals surface area contributed by atoms with Gasteiger partial charge in [0, 0.05) is 11.5 Å². The van der Waals surface area contributed by atoms with Crippen molar-refractivity contribution in [3.63, 3.8) is 0 Å². The van der Waals surface area contributed by atoms with Crippen LogP contribution in [0.3, 0.4) is 0 Å². The average Bonchev–Trinajstić information content (AvgIpc) is 2.26. The minimum absolute atomic E-state index is 0.347. The summed E-state index contributed by atoms with van der Waals surface area (Å²) in [6, 6.07) is 0.585. The number of carbonyl (C=O) groups is 1. The van der Waals surface area contributed by atoms with Crippen LogP contribution in [-0.4, -0.2) is 20.9 Å². The summed E-state index contributed by atoms with van der Waals surface area (Å²) in [4.78, 5) is 18.2. The quantitative estimate of drug-likeness (QED) is 0.665. The third-order valence-electron chi connectivity index (χ3n) is 2.23. The predicted octanol–water partition coefficient (Wildman–Crippen LogP) is 3.01. The summed E-state index contributed by atoms with van der Waals surface area (Å²) in [5.74, 6) is -1.04. The molecule has 1 rings (SSSR count). The molecule has 1 aromatic rings. The molecule has 0 bridgehead atoms. The number of aromatic nitrogens is 2. The Labute approximate surface area is 108 Å². The van der Waals surface area contributed by atoms with Gasteiger partial charge in [-0.1, -0.05) is 20.8 Å². The first-order valence-electron chi connectivity index (χ1n) is 5.36. The highest BCUT2D eigenvalue weighted by molar-refractivity contribution is 5.98. The van der Waals surface area contributed by atoms with Gasteiger partial charge in [-0.15, -0.1) is 0 Å². The SMILES string of the molecule is CC(C)(C)C(=O)C=C(O)c1cc(C(F)(F)F)ncn1. The Morgan fingerprint density at radius 1 is 1.26 bits per heavy atom. The molecule has 1 heterocycles. The number of rotatable bonds is 2. The molecule has 0 fully saturated rings. The second-order valence-electron chi connectivity index (χ2n) is 4.93. The van der Waals surface area contributed by atoms with Gasteiger partial charge in [-0.2, -0.15) is 13.2 Å². The Balaban J connectivity index is 3.11. The van der Waals surface area contributed by atoms with E-state index < -0.39 is 28.8 Å². The third-order valence-corrected chi connectivity index (χ3v) is 2.23. The van der Waals surface area contributed by atoms with Crippen molar-refractivity contribution in [2.45, 2.75) is 26.9 Å². The van der Waals surface area contributed by atoms with Gasteiger partial charge < -0.3 is 5.11 Å². The lowest BCUT2D eigenvalue weighted by molar-refractivity contribution is -0.141. The van der Waals surface area contributed by atoms with Crippen molar-refractivity contribution in [1.82, 2.24) is 9.97 Å². The van der Waals surface area contributed by atoms with Crippen LogP contribution in [0.2, 0.25) is 0 Å². The lowest BCUT2D eigenvalue weighted by atomic mass is 9.90. The maximum Gasteiger partial charge on any atom is 0.433 e. The number of carbonyl (C=O) groups excluding carboxylic acids is 1. The van der Waals surface area contributed by atoms with E-state index in [4.69, 9.17) is 0 Å². The lowest BCUT2D eigenvalue weighted by Gasteiger charge is -2.13. The minimum Gasteiger partial charge on any atom is -0.506 e. The normalized spacial score (nSPS) is 13.5. The molecule has 0 saturated heterocycles. The number of halogens is 3. The smallest absolute Gasteiger partial charge is 0.433 e. The monoisotopic (exact) mass is 274 g/mol. The summed E-state index contributed by atoms with van der Waals surface area (Å²) in [6.07, 6.45) is -3.09. The van der Waals surface area contributed by atoms with Gasteiger partial charge in [0.25, 0.3) is 0 Å². The fraction of sp³-hybridized carbons (Fsp3) is 0.417. The predicted molar refractivity (Wildman–Crippen MR) is 62.1 cm³/mol. The topological polar surface area (TPSA) is 63.1 Å². The Morgan fingerprint density at radius 3 is 2.32 bits per heavy atom. The van der Waals surface area contributed by atoms with Crippen LogP contribution in [0.1, 0.15) is 32.2 Å². The molecule has 0 spiro atoms. The summed E-state index contributed by atoms with van der Waals surface area (Å²) in [5, 5.41) is 9.63. The van der Waals surface area contributed by atoms with E-state index in [2.05, 4.69) is 9.97 Å². The fourth-order valence-corrected chi connectivity index (χ4v) is 1.07. The highest BCUT2D eigenvalue weighted by Crippen LogP contribution is 2.28. The van der Waals surface area contributed by atoms with Crippen molar-refractivity contribution in [1.29, 1.82) is 0 Å². The Hall–Kier alpha value is -1.92. The maximum absolute atomic E-state index is 12.4. The van der Waals surface area contributed by atoms with Gasteiger partial charge in [-0.25, -0.2) is 9.97 Å². The average molecular weight is 274 g/mol. The molecule has 1 N–H and O–H groups in total. The highest BCUT2D eigenvalue weighted by atomic mass is 19.4. The number of allylic oxidation sites excluding steroid dienone is 1. The van der Waals surface area contributed by atoms with E-state index in [1.807, 2.05) is 0 Å². The van der Waals surface area contributed by atoms with Crippen molar-refractivity contribution in [3.8, 4) is 0 Å². The molecule has 0 aliphatic carbocycles. The summed E-state index contributed by atoms with van der Waals surface area (Å²) >= 11 is 0. The zero-order valence-electron chi connectivity index (χ0n) is 10.6. The van der Waals surface area contributed by atoms with Crippen LogP contribution in [-0.2, 0) is 11.0 Å². The number of alkyl halides is 3. The summed E-state index contributed by atoms with van der Waals surface area (Å²) in [6.45, 7) is 4.88. The number of aliphatic hydroxyl groups is 1. The van der Waals surface area contributed by atoms with Gasteiger partial charge in [0.1, 0.15) is 23.5 Å². The molecule has 4 nitrogen and oxygen atoms in total. The largest absolute Gasteiger partial charge is 0.506 e. The Bertz CT molecular complexity index is 516. The van der Waals surface area contributed by atoms with Gasteiger partial charge in [-0.05, 0) is 6.07 Å². The molecule has 0 radical (unpaired) electrons. The number of hydrogen-bond acceptors (Lipinski definition) is 4. The molecule has 1 aromatic heterocycles. The number of nitrogens with zero attached hydrogens (tertiary/aromatic N) is 2. The molecular formula is C12H13F3N2O2. The summed E-state index contributed by atoms with van der Waals surface area (Å²) < 4.78 is 37.3. The molecule has 0 amide bonds. The Morgan fingerprint density at radius 2 is 1.84 bits per heavy atom. The van der Waals surface area contributed by atoms with E-state index in [0.717, 1.165) is 6.08 Å². The van der Waals surface area contributed by atoms with E-state index in [9.17, 15) is 23.1 Å². The molecule has 19 heavy (non-hydrogen) atoms. The van der Waals surface area contributed by atoms with Crippen LogP contribution in [0, 0.1) is 5.41 Å². The van der Waals surface area contributed by atoms with Crippen molar-refractivity contribution in [2.75, 3.05) is 0 Å². The minimum atomic E-state index is -4.63. The van der Waals surface area contributed by atoms with Crippen molar-refractivity contribution < 1.29 is 23.1 Å². The molecule has 0 aliphatic heterocycles. The lowest BCUT2D eigenvalue weighted by Crippen LogP contribution is -2.18. The molecule has 0 unspecified atom stereocenters. The summed E-state index contributed by atoms with van der Waals surface area (Å²) in [5.41, 5.74) is -2.27. The first-order chi connectivity index (χ1) is 8.51. The third kappa shape index (κ3) is 4.04. The van der Waals surface area contributed by atoms with Crippen molar-refractivity contribution in [3.05, 3.63) is 29.9 Å². The van der Waals surface area contributed by atoms with Crippen molar-refractivity contribution >= 4 is 11.5 Å². The van der Waals surface area contributed by atoms with Gasteiger partial charge in [0.05, 0.1) is 0 Å². The van der Waals surface area contributed by atoms with Gasteiger partial charge >= 0.3 is 6.18 Å². The second-order valence-corrected chi connectivity index (χ2v) is 4.93. The first-order valence-corrected chi connectivity index (χ1v) is 5.36. The molecule has 0 saturated carbocycles. The van der Waals surface area contributed by atoms with Gasteiger partial charge in [0.2, 0.25) is 0 Å². The summed E-state index contributed by atoms with van der Waals surface area (Å²) in [7, 11) is 0. The van der Waals surface area contributed by atoms with Gasteiger partial charge in [-0.3, -0.25) is 4.79 Å². The van der Waals surface area contributed by atoms with Gasteiger partial charge in [0.15, 0.2) is 5.78 Å². The number of aliphatic hydroxyl groups excluding tert-OH is 1. The molecular weight excluding hydrogens is 261 g/mol. The van der Waals surface area contributed by atoms with Crippen LogP contribution in [0.25, 0.3) is 5.76 Å². The standard InChI is InChI=1S/C12H13F3N2O2/c1-11(2,3)10(19)5-8(18)7-4-9(12(13,14)15)17-6-16-7/h4-6,18H,1-3H3. The van der Waals surface area contributed by atoms with Crippen LogP contribution in [0.5, 0.6) is 0 Å². The molecule has 0 atom stereocenters. The zero-order valence-corrected chi connectivity index (χ0v) is 10.6. The van der Waals surface area contributed by atoms with E-state index in [-0.39, 0.29) is 5.69 Å². The second kappa shape index (κ2) is 4.99. The highest BCUT2D eigenvalue weighted by Gasteiger charge is 2.33. The van der Waals surface area contributed by atoms with E-state index in [0.29, 0.717) is 12.4 Å². The van der Waals surface area contributed by atoms with E-state index in [1.54, 1.807) is 20.8 Å². The van der Waals surface area contributed by atoms with Crippen LogP contribution in [0.4, 0.5) is 13.2 Å². The van der Waals surface area contributed by atoms with E-state index >= 15 is 0 Å². The molecule has 0 aliphatic rings.